The molecule has 0 amide bonds. The third-order valence-corrected chi connectivity index (χ3v) is 5.26. The molecule has 23 heavy (non-hydrogen) atoms. The van der Waals surface area contributed by atoms with Crippen molar-refractivity contribution in [2.24, 2.45) is 0 Å². The molecule has 0 saturated heterocycles. The molecule has 0 fully saturated rings. The zero-order valence-electron chi connectivity index (χ0n) is 12.1. The number of pyridine rings is 1. The Balaban J connectivity index is 1.84. The van der Waals surface area contributed by atoms with Gasteiger partial charge in [0.2, 0.25) is 0 Å². The maximum atomic E-state index is 4.60. The highest BCUT2D eigenvalue weighted by molar-refractivity contribution is 7.26. The maximum absolute atomic E-state index is 4.60. The Bertz CT molecular complexity index is 1180. The van der Waals surface area contributed by atoms with Gasteiger partial charge in [-0.2, -0.15) is 5.10 Å². The minimum atomic E-state index is 0.856. The van der Waals surface area contributed by atoms with E-state index in [1.807, 2.05) is 24.5 Å². The number of hydrogen-bond donors (Lipinski definition) is 0. The van der Waals surface area contributed by atoms with Gasteiger partial charge in [-0.05, 0) is 17.5 Å². The highest BCUT2D eigenvalue weighted by Gasteiger charge is 2.13. The van der Waals surface area contributed by atoms with E-state index in [1.54, 1.807) is 11.3 Å². The zero-order valence-corrected chi connectivity index (χ0v) is 12.9. The molecule has 0 spiro atoms. The number of benzene rings is 2. The van der Waals surface area contributed by atoms with Crippen LogP contribution < -0.4 is 0 Å². The van der Waals surface area contributed by atoms with Gasteiger partial charge in [0.25, 0.3) is 0 Å². The van der Waals surface area contributed by atoms with Gasteiger partial charge in [-0.25, -0.2) is 0 Å². The molecule has 0 N–H and O–H groups in total. The van der Waals surface area contributed by atoms with Crippen LogP contribution >= 0.6 is 11.3 Å². The molecule has 0 aliphatic heterocycles. The molecule has 0 unspecified atom stereocenters. The van der Waals surface area contributed by atoms with Crippen LogP contribution in [0.25, 0.3) is 42.3 Å². The Morgan fingerprint density at radius 1 is 0.783 bits per heavy atom. The van der Waals surface area contributed by atoms with Crippen molar-refractivity contribution in [2.75, 3.05) is 0 Å². The second-order valence-corrected chi connectivity index (χ2v) is 6.50. The molecule has 0 aliphatic rings. The fraction of sp³-hybridized carbons (Fsp3) is 0. The Morgan fingerprint density at radius 3 is 2.57 bits per heavy atom. The van der Waals surface area contributed by atoms with E-state index in [0.29, 0.717) is 0 Å². The summed E-state index contributed by atoms with van der Waals surface area (Å²) in [5.41, 5.74) is 1.72. The van der Waals surface area contributed by atoms with Crippen molar-refractivity contribution >= 4 is 42.3 Å². The average Bonchev–Trinajstić information content (AvgIpc) is 3.00. The fourth-order valence-corrected chi connectivity index (χ4v) is 4.11. The molecular formula is C19H11N3S. The summed E-state index contributed by atoms with van der Waals surface area (Å²) >= 11 is 1.75. The first-order chi connectivity index (χ1) is 11.4. The molecule has 0 aliphatic carbocycles. The lowest BCUT2D eigenvalue weighted by Crippen LogP contribution is -1.90. The van der Waals surface area contributed by atoms with Crippen molar-refractivity contribution in [1.82, 2.24) is 15.2 Å². The molecule has 3 heterocycles. The highest BCUT2D eigenvalue weighted by Crippen LogP contribution is 2.37. The Labute approximate surface area is 136 Å². The summed E-state index contributed by atoms with van der Waals surface area (Å²) in [6.45, 7) is 0. The van der Waals surface area contributed by atoms with E-state index in [1.165, 1.54) is 10.1 Å². The standard InChI is InChI=1S/C19H11N3S/c1-2-6-13-10-20-16(9-12(13)5-1)18-19-15(11-21-22-18)14-7-3-4-8-17(14)23-19/h1-11H. The van der Waals surface area contributed by atoms with Crippen LogP contribution in [0.5, 0.6) is 0 Å². The van der Waals surface area contributed by atoms with Gasteiger partial charge in [0, 0.05) is 27.1 Å². The smallest absolute Gasteiger partial charge is 0.129 e. The van der Waals surface area contributed by atoms with Gasteiger partial charge < -0.3 is 0 Å². The topological polar surface area (TPSA) is 38.7 Å². The first-order valence-electron chi connectivity index (χ1n) is 7.38. The molecule has 5 rings (SSSR count). The number of hydrogen-bond acceptors (Lipinski definition) is 4. The van der Waals surface area contributed by atoms with Gasteiger partial charge in [0.05, 0.1) is 16.6 Å². The van der Waals surface area contributed by atoms with Crippen molar-refractivity contribution in [3.05, 3.63) is 67.0 Å². The maximum Gasteiger partial charge on any atom is 0.129 e. The number of aromatic nitrogens is 3. The average molecular weight is 313 g/mol. The van der Waals surface area contributed by atoms with E-state index in [2.05, 4.69) is 57.6 Å². The van der Waals surface area contributed by atoms with E-state index in [0.717, 1.165) is 32.2 Å². The van der Waals surface area contributed by atoms with E-state index in [9.17, 15) is 0 Å². The first kappa shape index (κ1) is 12.7. The second-order valence-electron chi connectivity index (χ2n) is 5.45. The molecule has 0 bridgehead atoms. The Morgan fingerprint density at radius 2 is 1.61 bits per heavy atom. The summed E-state index contributed by atoms with van der Waals surface area (Å²) < 4.78 is 2.39. The van der Waals surface area contributed by atoms with Crippen LogP contribution in [0.1, 0.15) is 0 Å². The second kappa shape index (κ2) is 4.83. The molecular weight excluding hydrogens is 302 g/mol. The predicted octanol–water partition coefficient (Wildman–Crippen LogP) is 5.06. The van der Waals surface area contributed by atoms with Gasteiger partial charge in [-0.3, -0.25) is 4.98 Å². The van der Waals surface area contributed by atoms with Gasteiger partial charge >= 0.3 is 0 Å². The normalized spacial score (nSPS) is 11.5. The van der Waals surface area contributed by atoms with Crippen LogP contribution in [0.2, 0.25) is 0 Å². The molecule has 0 radical (unpaired) electrons. The molecule has 108 valence electrons. The van der Waals surface area contributed by atoms with Crippen molar-refractivity contribution in [1.29, 1.82) is 0 Å². The van der Waals surface area contributed by atoms with Crippen molar-refractivity contribution in [2.45, 2.75) is 0 Å². The summed E-state index contributed by atoms with van der Waals surface area (Å²) in [5.74, 6) is 0. The third kappa shape index (κ3) is 1.92. The summed E-state index contributed by atoms with van der Waals surface area (Å²) in [4.78, 5) is 4.60. The molecule has 0 saturated carbocycles. The van der Waals surface area contributed by atoms with Crippen molar-refractivity contribution < 1.29 is 0 Å². The van der Waals surface area contributed by atoms with Crippen LogP contribution in [0.4, 0.5) is 0 Å². The quantitative estimate of drug-likeness (QED) is 0.434. The summed E-state index contributed by atoms with van der Waals surface area (Å²) in [7, 11) is 0. The van der Waals surface area contributed by atoms with Crippen molar-refractivity contribution in [3.8, 4) is 11.4 Å². The van der Waals surface area contributed by atoms with E-state index in [-0.39, 0.29) is 0 Å². The number of nitrogens with zero attached hydrogens (tertiary/aromatic N) is 3. The first-order valence-corrected chi connectivity index (χ1v) is 8.20. The fourth-order valence-electron chi connectivity index (χ4n) is 2.94. The monoisotopic (exact) mass is 313 g/mol. The lowest BCUT2D eigenvalue weighted by atomic mass is 10.1. The Hall–Kier alpha value is -2.85. The Kier molecular flexibility index (Phi) is 2.66. The van der Waals surface area contributed by atoms with Crippen molar-refractivity contribution in [3.63, 3.8) is 0 Å². The molecule has 0 atom stereocenters. The van der Waals surface area contributed by atoms with E-state index in [4.69, 9.17) is 0 Å². The zero-order chi connectivity index (χ0) is 15.2. The summed E-state index contributed by atoms with van der Waals surface area (Å²) in [6, 6.07) is 18.7. The van der Waals surface area contributed by atoms with Crippen LogP contribution in [-0.4, -0.2) is 15.2 Å². The molecule has 4 heteroatoms. The number of thiophene rings is 1. The van der Waals surface area contributed by atoms with Crippen LogP contribution in [0, 0.1) is 0 Å². The van der Waals surface area contributed by atoms with Gasteiger partial charge in [0.15, 0.2) is 0 Å². The highest BCUT2D eigenvalue weighted by atomic mass is 32.1. The number of rotatable bonds is 1. The van der Waals surface area contributed by atoms with E-state index >= 15 is 0 Å². The minimum Gasteiger partial charge on any atom is -0.254 e. The van der Waals surface area contributed by atoms with Crippen LogP contribution in [0.15, 0.2) is 67.0 Å². The molecule has 3 aromatic heterocycles. The lowest BCUT2D eigenvalue weighted by Gasteiger charge is -2.03. The summed E-state index contributed by atoms with van der Waals surface area (Å²) in [6.07, 6.45) is 3.75. The third-order valence-electron chi connectivity index (χ3n) is 4.07. The van der Waals surface area contributed by atoms with Gasteiger partial charge in [-0.1, -0.05) is 42.5 Å². The predicted molar refractivity (Wildman–Crippen MR) is 95.7 cm³/mol. The largest absolute Gasteiger partial charge is 0.254 e. The summed E-state index contributed by atoms with van der Waals surface area (Å²) in [5, 5.41) is 13.3. The van der Waals surface area contributed by atoms with Crippen LogP contribution in [-0.2, 0) is 0 Å². The van der Waals surface area contributed by atoms with Gasteiger partial charge in [0.1, 0.15) is 5.69 Å². The van der Waals surface area contributed by atoms with Crippen LogP contribution in [0.3, 0.4) is 0 Å². The lowest BCUT2D eigenvalue weighted by molar-refractivity contribution is 1.05. The minimum absolute atomic E-state index is 0.856. The molecule has 5 aromatic rings. The van der Waals surface area contributed by atoms with E-state index < -0.39 is 0 Å². The van der Waals surface area contributed by atoms with Gasteiger partial charge in [-0.15, -0.1) is 16.4 Å². The molecule has 3 nitrogen and oxygen atoms in total. The SMILES string of the molecule is c1ccc2cc(-c3nncc4c3sc3ccccc34)ncc2c1. The number of fused-ring (bicyclic) bond motifs is 4. The molecule has 2 aromatic carbocycles.